The lowest BCUT2D eigenvalue weighted by molar-refractivity contribution is -0.129. The first kappa shape index (κ1) is 14.3. The van der Waals surface area contributed by atoms with Crippen LogP contribution in [0.4, 0.5) is 5.69 Å². The summed E-state index contributed by atoms with van der Waals surface area (Å²) in [6.45, 7) is 0. The molecule has 1 amide bonds. The predicted octanol–water partition coefficient (Wildman–Crippen LogP) is 2.54. The molecule has 2 aliphatic rings. The fourth-order valence-electron chi connectivity index (χ4n) is 3.02. The Morgan fingerprint density at radius 2 is 2.05 bits per heavy atom. The van der Waals surface area contributed by atoms with Gasteiger partial charge in [-0.3, -0.25) is 9.59 Å². The van der Waals surface area contributed by atoms with E-state index in [1.54, 1.807) is 24.3 Å². The summed E-state index contributed by atoms with van der Waals surface area (Å²) in [5, 5.41) is 11.7. The minimum Gasteiger partial charge on any atom is -0.496 e. The minimum absolute atomic E-state index is 0.0379. The van der Waals surface area contributed by atoms with E-state index in [1.807, 2.05) is 6.07 Å². The Morgan fingerprint density at radius 1 is 1.27 bits per heavy atom. The van der Waals surface area contributed by atoms with Gasteiger partial charge in [-0.05, 0) is 31.4 Å². The van der Waals surface area contributed by atoms with E-state index in [9.17, 15) is 9.59 Å². The van der Waals surface area contributed by atoms with E-state index in [2.05, 4.69) is 5.32 Å². The highest BCUT2D eigenvalue weighted by Crippen LogP contribution is 2.33. The molecular weight excluding hydrogens is 280 g/mol. The Hall–Kier alpha value is -2.61. The van der Waals surface area contributed by atoms with E-state index in [0.29, 0.717) is 11.3 Å². The Bertz CT molecular complexity index is 687. The predicted molar refractivity (Wildman–Crippen MR) is 79.7 cm³/mol. The Labute approximate surface area is 128 Å². The number of carbonyl (C=O) groups excluding carboxylic acids is 2. The van der Waals surface area contributed by atoms with Crippen LogP contribution in [0.2, 0.25) is 0 Å². The third-order valence-electron chi connectivity index (χ3n) is 4.21. The third-order valence-corrected chi connectivity index (χ3v) is 4.21. The van der Waals surface area contributed by atoms with Gasteiger partial charge in [0.05, 0.1) is 23.4 Å². The summed E-state index contributed by atoms with van der Waals surface area (Å²) in [6, 6.07) is 8.70. The van der Waals surface area contributed by atoms with Crippen molar-refractivity contribution in [1.29, 1.82) is 5.26 Å². The number of benzene rings is 1. The van der Waals surface area contributed by atoms with Crippen molar-refractivity contribution in [2.24, 2.45) is 5.92 Å². The average molecular weight is 296 g/mol. The summed E-state index contributed by atoms with van der Waals surface area (Å²) in [4.78, 5) is 24.8. The molecule has 22 heavy (non-hydrogen) atoms. The second kappa shape index (κ2) is 6.02. The second-order valence-electron chi connectivity index (χ2n) is 5.57. The summed E-state index contributed by atoms with van der Waals surface area (Å²) in [6.07, 6.45) is 4.85. The highest BCUT2D eigenvalue weighted by molar-refractivity contribution is 6.24. The fraction of sp³-hybridized carbons (Fsp3) is 0.353. The topological polar surface area (TPSA) is 79.2 Å². The van der Waals surface area contributed by atoms with Crippen LogP contribution >= 0.6 is 0 Å². The minimum atomic E-state index is -0.517. The molecule has 2 unspecified atom stereocenters. The van der Waals surface area contributed by atoms with Gasteiger partial charge in [-0.1, -0.05) is 18.6 Å². The second-order valence-corrected chi connectivity index (χ2v) is 5.57. The number of Topliss-reactive ketones (excluding diaryl/α,β-unsaturated/α-hetero) is 1. The number of carbonyl (C=O) groups is 2. The maximum Gasteiger partial charge on any atom is 0.262 e. The van der Waals surface area contributed by atoms with Gasteiger partial charge >= 0.3 is 0 Å². The van der Waals surface area contributed by atoms with Crippen LogP contribution in [0.5, 0.6) is 0 Å². The molecule has 1 aliphatic heterocycles. The number of ether oxygens (including phenoxy) is 1. The van der Waals surface area contributed by atoms with Crippen molar-refractivity contribution in [1.82, 2.24) is 0 Å². The molecule has 1 N–H and O–H groups in total. The molecule has 1 aromatic carbocycles. The molecule has 0 saturated heterocycles. The molecule has 1 heterocycles. The lowest BCUT2D eigenvalue weighted by Crippen LogP contribution is -2.39. The standard InChI is InChI=1S/C17H16N2O3/c18-9-11-5-1-3-7-14(11)19-17(21)13-10-22-15-8-4-2-6-12(15)16(13)20/h1,3,5,7,10,12,15H,2,4,6,8H2,(H,19,21). The number of rotatable bonds is 2. The molecular formula is C17H16N2O3. The van der Waals surface area contributed by atoms with Crippen LogP contribution in [0.3, 0.4) is 0 Å². The number of hydrogen-bond donors (Lipinski definition) is 1. The van der Waals surface area contributed by atoms with Gasteiger partial charge in [-0.15, -0.1) is 0 Å². The first-order chi connectivity index (χ1) is 10.7. The highest BCUT2D eigenvalue weighted by Gasteiger charge is 2.39. The lowest BCUT2D eigenvalue weighted by Gasteiger charge is -2.33. The molecule has 1 fully saturated rings. The van der Waals surface area contributed by atoms with Crippen LogP contribution in [0, 0.1) is 17.2 Å². The highest BCUT2D eigenvalue weighted by atomic mass is 16.5. The Morgan fingerprint density at radius 3 is 2.86 bits per heavy atom. The summed E-state index contributed by atoms with van der Waals surface area (Å²) in [5.74, 6) is -0.884. The maximum absolute atomic E-state index is 12.5. The largest absolute Gasteiger partial charge is 0.496 e. The van der Waals surface area contributed by atoms with Gasteiger partial charge in [0.2, 0.25) is 0 Å². The van der Waals surface area contributed by atoms with Crippen molar-refractivity contribution in [3.63, 3.8) is 0 Å². The molecule has 3 rings (SSSR count). The molecule has 1 aliphatic carbocycles. The number of hydrogen-bond acceptors (Lipinski definition) is 4. The van der Waals surface area contributed by atoms with E-state index in [4.69, 9.17) is 10.00 Å². The molecule has 112 valence electrons. The van der Waals surface area contributed by atoms with Gasteiger partial charge in [0, 0.05) is 0 Å². The number of nitriles is 1. The molecule has 5 heteroatoms. The summed E-state index contributed by atoms with van der Waals surface area (Å²) >= 11 is 0. The third kappa shape index (κ3) is 2.60. The van der Waals surface area contributed by atoms with Gasteiger partial charge in [0.1, 0.15) is 17.7 Å². The van der Waals surface area contributed by atoms with Crippen LogP contribution < -0.4 is 5.32 Å². The van der Waals surface area contributed by atoms with Gasteiger partial charge in [-0.2, -0.15) is 5.26 Å². The van der Waals surface area contributed by atoms with E-state index in [-0.39, 0.29) is 23.4 Å². The molecule has 0 radical (unpaired) electrons. The van der Waals surface area contributed by atoms with Crippen molar-refractivity contribution in [3.8, 4) is 6.07 Å². The smallest absolute Gasteiger partial charge is 0.262 e. The molecule has 0 bridgehead atoms. The van der Waals surface area contributed by atoms with Gasteiger partial charge in [0.15, 0.2) is 5.78 Å². The van der Waals surface area contributed by atoms with Gasteiger partial charge in [0.25, 0.3) is 5.91 Å². The number of amides is 1. The van der Waals surface area contributed by atoms with Crippen LogP contribution in [-0.2, 0) is 14.3 Å². The monoisotopic (exact) mass is 296 g/mol. The van der Waals surface area contributed by atoms with Crippen LogP contribution in [0.25, 0.3) is 0 Å². The van der Waals surface area contributed by atoms with Crippen molar-refractivity contribution in [2.75, 3.05) is 5.32 Å². The quantitative estimate of drug-likeness (QED) is 0.851. The molecule has 1 saturated carbocycles. The van der Waals surface area contributed by atoms with Gasteiger partial charge in [-0.25, -0.2) is 0 Å². The number of nitrogens with one attached hydrogen (secondary N) is 1. The van der Waals surface area contributed by atoms with Crippen LogP contribution in [-0.4, -0.2) is 17.8 Å². The summed E-state index contributed by atoms with van der Waals surface area (Å²) in [7, 11) is 0. The zero-order valence-corrected chi connectivity index (χ0v) is 12.0. The number of nitrogens with zero attached hydrogens (tertiary/aromatic N) is 1. The average Bonchev–Trinajstić information content (AvgIpc) is 2.56. The maximum atomic E-state index is 12.5. The Balaban J connectivity index is 1.79. The normalized spacial score (nSPS) is 23.6. The van der Waals surface area contributed by atoms with Crippen LogP contribution in [0.1, 0.15) is 31.2 Å². The number of ketones is 1. The van der Waals surface area contributed by atoms with Crippen molar-refractivity contribution < 1.29 is 14.3 Å². The lowest BCUT2D eigenvalue weighted by atomic mass is 9.80. The summed E-state index contributed by atoms with van der Waals surface area (Å²) in [5.41, 5.74) is 0.793. The van der Waals surface area contributed by atoms with E-state index in [1.165, 1.54) is 6.26 Å². The molecule has 0 aromatic heterocycles. The van der Waals surface area contributed by atoms with E-state index in [0.717, 1.165) is 25.7 Å². The summed E-state index contributed by atoms with van der Waals surface area (Å²) < 4.78 is 5.57. The SMILES string of the molecule is N#Cc1ccccc1NC(=O)C1=COC2CCCCC2C1=O. The fourth-order valence-corrected chi connectivity index (χ4v) is 3.02. The zero-order valence-electron chi connectivity index (χ0n) is 12.0. The number of para-hydroxylation sites is 1. The van der Waals surface area contributed by atoms with E-state index < -0.39 is 5.91 Å². The van der Waals surface area contributed by atoms with Crippen LogP contribution in [0.15, 0.2) is 36.1 Å². The number of anilines is 1. The molecule has 5 nitrogen and oxygen atoms in total. The van der Waals surface area contributed by atoms with Gasteiger partial charge < -0.3 is 10.1 Å². The van der Waals surface area contributed by atoms with Crippen molar-refractivity contribution >= 4 is 17.4 Å². The molecule has 2 atom stereocenters. The number of fused-ring (bicyclic) bond motifs is 1. The zero-order chi connectivity index (χ0) is 15.5. The first-order valence-electron chi connectivity index (χ1n) is 7.41. The van der Waals surface area contributed by atoms with Crippen molar-refractivity contribution in [3.05, 3.63) is 41.7 Å². The Kier molecular flexibility index (Phi) is 3.92. The molecule has 1 aromatic rings. The van der Waals surface area contributed by atoms with Crippen molar-refractivity contribution in [2.45, 2.75) is 31.8 Å². The van der Waals surface area contributed by atoms with E-state index >= 15 is 0 Å². The molecule has 0 spiro atoms. The first-order valence-corrected chi connectivity index (χ1v) is 7.41.